The molecule has 1 N–H and O–H groups in total. The third-order valence-corrected chi connectivity index (χ3v) is 5.10. The summed E-state index contributed by atoms with van der Waals surface area (Å²) >= 11 is 0. The number of hydrogen-bond donors (Lipinski definition) is 1. The van der Waals surface area contributed by atoms with Gasteiger partial charge >= 0.3 is 0 Å². The Labute approximate surface area is 165 Å². The molecule has 0 atom stereocenters. The van der Waals surface area contributed by atoms with Crippen molar-refractivity contribution in [2.45, 2.75) is 13.3 Å². The van der Waals surface area contributed by atoms with Crippen LogP contribution in [0.1, 0.15) is 21.5 Å². The van der Waals surface area contributed by atoms with E-state index in [4.69, 9.17) is 0 Å². The molecule has 0 bridgehead atoms. The van der Waals surface area contributed by atoms with Crippen molar-refractivity contribution in [3.63, 3.8) is 0 Å². The topological polar surface area (TPSA) is 52.7 Å². The summed E-state index contributed by atoms with van der Waals surface area (Å²) in [7, 11) is 0. The Balaban J connectivity index is 1.39. The Morgan fingerprint density at radius 2 is 1.68 bits per heavy atom. The number of rotatable bonds is 6. The fourth-order valence-electron chi connectivity index (χ4n) is 3.37. The summed E-state index contributed by atoms with van der Waals surface area (Å²) in [6, 6.07) is 13.8. The summed E-state index contributed by atoms with van der Waals surface area (Å²) in [6.45, 7) is 5.46. The SMILES string of the molecule is Cc1ccccc1CCNC(=O)CN1CCN(C(=O)c2ccc(F)cc2)CC1. The molecule has 1 saturated heterocycles. The van der Waals surface area contributed by atoms with Gasteiger partial charge in [0.1, 0.15) is 5.82 Å². The van der Waals surface area contributed by atoms with Gasteiger partial charge in [-0.15, -0.1) is 0 Å². The molecule has 148 valence electrons. The van der Waals surface area contributed by atoms with Crippen molar-refractivity contribution in [1.82, 2.24) is 15.1 Å². The molecule has 1 fully saturated rings. The minimum atomic E-state index is -0.352. The summed E-state index contributed by atoms with van der Waals surface area (Å²) in [6.07, 6.45) is 0.818. The zero-order chi connectivity index (χ0) is 19.9. The second-order valence-corrected chi connectivity index (χ2v) is 7.10. The Bertz CT molecular complexity index is 815. The predicted octanol–water partition coefficient (Wildman–Crippen LogP) is 2.25. The van der Waals surface area contributed by atoms with Crippen molar-refractivity contribution in [1.29, 1.82) is 0 Å². The van der Waals surface area contributed by atoms with Crippen LogP contribution in [0.2, 0.25) is 0 Å². The lowest BCUT2D eigenvalue weighted by Crippen LogP contribution is -2.51. The highest BCUT2D eigenvalue weighted by Crippen LogP contribution is 2.10. The van der Waals surface area contributed by atoms with Gasteiger partial charge < -0.3 is 10.2 Å². The van der Waals surface area contributed by atoms with Crippen molar-refractivity contribution in [2.24, 2.45) is 0 Å². The molecule has 0 unspecified atom stereocenters. The lowest BCUT2D eigenvalue weighted by atomic mass is 10.1. The van der Waals surface area contributed by atoms with Crippen molar-refractivity contribution < 1.29 is 14.0 Å². The Hall–Kier alpha value is -2.73. The minimum absolute atomic E-state index is 0.00638. The second-order valence-electron chi connectivity index (χ2n) is 7.10. The minimum Gasteiger partial charge on any atom is -0.355 e. The van der Waals surface area contributed by atoms with Crippen LogP contribution in [0.15, 0.2) is 48.5 Å². The van der Waals surface area contributed by atoms with Crippen molar-refractivity contribution in [3.8, 4) is 0 Å². The highest BCUT2D eigenvalue weighted by molar-refractivity contribution is 5.94. The third-order valence-electron chi connectivity index (χ3n) is 5.10. The first-order valence-electron chi connectivity index (χ1n) is 9.61. The van der Waals surface area contributed by atoms with E-state index >= 15 is 0 Å². The predicted molar refractivity (Wildman–Crippen MR) is 107 cm³/mol. The first-order chi connectivity index (χ1) is 13.5. The molecule has 0 saturated carbocycles. The van der Waals surface area contributed by atoms with E-state index in [0.29, 0.717) is 44.8 Å². The van der Waals surface area contributed by atoms with Gasteiger partial charge in [-0.3, -0.25) is 14.5 Å². The maximum atomic E-state index is 13.0. The zero-order valence-corrected chi connectivity index (χ0v) is 16.2. The van der Waals surface area contributed by atoms with E-state index < -0.39 is 0 Å². The van der Waals surface area contributed by atoms with Crippen LogP contribution in [0.4, 0.5) is 4.39 Å². The number of nitrogens with one attached hydrogen (secondary N) is 1. The number of halogens is 1. The van der Waals surface area contributed by atoms with E-state index in [2.05, 4.69) is 29.3 Å². The van der Waals surface area contributed by atoms with Gasteiger partial charge in [-0.2, -0.15) is 0 Å². The largest absolute Gasteiger partial charge is 0.355 e. The molecule has 0 aromatic heterocycles. The van der Waals surface area contributed by atoms with Gasteiger partial charge in [0.25, 0.3) is 5.91 Å². The van der Waals surface area contributed by atoms with Gasteiger partial charge in [-0.05, 0) is 48.7 Å². The molecule has 0 aliphatic carbocycles. The van der Waals surface area contributed by atoms with Crippen LogP contribution >= 0.6 is 0 Å². The molecule has 28 heavy (non-hydrogen) atoms. The van der Waals surface area contributed by atoms with E-state index in [9.17, 15) is 14.0 Å². The summed E-state index contributed by atoms with van der Waals surface area (Å²) in [5.74, 6) is -0.441. The number of nitrogens with zero attached hydrogens (tertiary/aromatic N) is 2. The average Bonchev–Trinajstić information content (AvgIpc) is 2.70. The van der Waals surface area contributed by atoms with Gasteiger partial charge in [0.15, 0.2) is 0 Å². The highest BCUT2D eigenvalue weighted by Gasteiger charge is 2.23. The van der Waals surface area contributed by atoms with Gasteiger partial charge in [0.05, 0.1) is 6.54 Å². The van der Waals surface area contributed by atoms with Gasteiger partial charge in [-0.25, -0.2) is 4.39 Å². The van der Waals surface area contributed by atoms with Crippen molar-refractivity contribution in [3.05, 3.63) is 71.0 Å². The van der Waals surface area contributed by atoms with Crippen LogP contribution < -0.4 is 5.32 Å². The number of carbonyl (C=O) groups is 2. The second kappa shape index (κ2) is 9.46. The van der Waals surface area contributed by atoms with Gasteiger partial charge in [0.2, 0.25) is 5.91 Å². The van der Waals surface area contributed by atoms with Gasteiger partial charge in [0, 0.05) is 38.3 Å². The molecule has 2 amide bonds. The quantitative estimate of drug-likeness (QED) is 0.833. The smallest absolute Gasteiger partial charge is 0.253 e. The number of aryl methyl sites for hydroxylation is 1. The van der Waals surface area contributed by atoms with E-state index in [1.807, 2.05) is 12.1 Å². The Kier molecular flexibility index (Phi) is 6.76. The van der Waals surface area contributed by atoms with Crippen LogP contribution in [-0.4, -0.2) is 60.9 Å². The van der Waals surface area contributed by atoms with Crippen LogP contribution in [0.25, 0.3) is 0 Å². The van der Waals surface area contributed by atoms with Crippen molar-refractivity contribution in [2.75, 3.05) is 39.3 Å². The number of benzene rings is 2. The molecule has 0 spiro atoms. The molecule has 3 rings (SSSR count). The molecule has 2 aromatic rings. The number of hydrogen-bond acceptors (Lipinski definition) is 3. The number of piperazine rings is 1. The number of amides is 2. The van der Waals surface area contributed by atoms with Crippen LogP contribution in [0.5, 0.6) is 0 Å². The molecule has 2 aromatic carbocycles. The molecular formula is C22H26FN3O2. The molecule has 1 heterocycles. The molecule has 6 heteroatoms. The van der Waals surface area contributed by atoms with E-state index in [0.717, 1.165) is 6.42 Å². The standard InChI is InChI=1S/C22H26FN3O2/c1-17-4-2-3-5-18(17)10-11-24-21(27)16-25-12-14-26(15-13-25)22(28)19-6-8-20(23)9-7-19/h2-9H,10-16H2,1H3,(H,24,27). The van der Waals surface area contributed by atoms with E-state index in [-0.39, 0.29) is 17.6 Å². The normalized spacial score (nSPS) is 14.7. The first kappa shape index (κ1) is 20.0. The highest BCUT2D eigenvalue weighted by atomic mass is 19.1. The van der Waals surface area contributed by atoms with Crippen LogP contribution in [-0.2, 0) is 11.2 Å². The summed E-state index contributed by atoms with van der Waals surface area (Å²) in [4.78, 5) is 28.4. The van der Waals surface area contributed by atoms with Crippen LogP contribution in [0.3, 0.4) is 0 Å². The maximum absolute atomic E-state index is 13.0. The fraction of sp³-hybridized carbons (Fsp3) is 0.364. The monoisotopic (exact) mass is 383 g/mol. The molecule has 1 aliphatic heterocycles. The fourth-order valence-corrected chi connectivity index (χ4v) is 3.37. The summed E-state index contributed by atoms with van der Waals surface area (Å²) in [5, 5.41) is 2.97. The Morgan fingerprint density at radius 3 is 2.36 bits per heavy atom. The average molecular weight is 383 g/mol. The zero-order valence-electron chi connectivity index (χ0n) is 16.2. The third kappa shape index (κ3) is 5.39. The molecular weight excluding hydrogens is 357 g/mol. The summed E-state index contributed by atoms with van der Waals surface area (Å²) < 4.78 is 13.0. The Morgan fingerprint density at radius 1 is 1.00 bits per heavy atom. The molecule has 5 nitrogen and oxygen atoms in total. The lowest BCUT2D eigenvalue weighted by Gasteiger charge is -2.34. The van der Waals surface area contributed by atoms with Gasteiger partial charge in [-0.1, -0.05) is 24.3 Å². The summed E-state index contributed by atoms with van der Waals surface area (Å²) in [5.41, 5.74) is 2.97. The molecule has 0 radical (unpaired) electrons. The van der Waals surface area contributed by atoms with Crippen LogP contribution in [0, 0.1) is 12.7 Å². The number of carbonyl (C=O) groups excluding carboxylic acids is 2. The van der Waals surface area contributed by atoms with Crippen molar-refractivity contribution >= 4 is 11.8 Å². The maximum Gasteiger partial charge on any atom is 0.253 e. The molecule has 1 aliphatic rings. The van der Waals surface area contributed by atoms with E-state index in [1.54, 1.807) is 4.90 Å². The van der Waals surface area contributed by atoms with E-state index in [1.165, 1.54) is 35.4 Å². The lowest BCUT2D eigenvalue weighted by molar-refractivity contribution is -0.122. The first-order valence-corrected chi connectivity index (χ1v) is 9.61.